The Morgan fingerprint density at radius 2 is 2.06 bits per heavy atom. The number of aromatic nitrogens is 2. The second-order valence-electron chi connectivity index (χ2n) is 3.77. The van der Waals surface area contributed by atoms with Crippen LogP contribution in [-0.2, 0) is 5.75 Å². The maximum Gasteiger partial charge on any atom is 0.244 e. The van der Waals surface area contributed by atoms with Gasteiger partial charge in [-0.25, -0.2) is 0 Å². The van der Waals surface area contributed by atoms with E-state index in [1.807, 2.05) is 6.92 Å². The SMILES string of the molecule is Cc1ccc(SCc2noc(C(C)Cl)n2)cc1. The van der Waals surface area contributed by atoms with E-state index in [2.05, 4.69) is 41.3 Å². The Morgan fingerprint density at radius 1 is 1.35 bits per heavy atom. The topological polar surface area (TPSA) is 38.9 Å². The average molecular weight is 269 g/mol. The summed E-state index contributed by atoms with van der Waals surface area (Å²) in [6.07, 6.45) is 0. The highest BCUT2D eigenvalue weighted by Gasteiger charge is 2.11. The fourth-order valence-corrected chi connectivity index (χ4v) is 2.10. The van der Waals surface area contributed by atoms with Gasteiger partial charge in [-0.1, -0.05) is 22.9 Å². The second kappa shape index (κ2) is 5.56. The fourth-order valence-electron chi connectivity index (χ4n) is 1.27. The number of halogens is 1. The first-order chi connectivity index (χ1) is 8.15. The molecule has 2 rings (SSSR count). The van der Waals surface area contributed by atoms with Crippen molar-refractivity contribution in [1.82, 2.24) is 10.1 Å². The van der Waals surface area contributed by atoms with Gasteiger partial charge in [0.05, 0.1) is 5.75 Å². The van der Waals surface area contributed by atoms with Gasteiger partial charge >= 0.3 is 0 Å². The molecular weight excluding hydrogens is 256 g/mol. The fraction of sp³-hybridized carbons (Fsp3) is 0.333. The summed E-state index contributed by atoms with van der Waals surface area (Å²) < 4.78 is 5.03. The smallest absolute Gasteiger partial charge is 0.244 e. The molecule has 2 aromatic rings. The highest BCUT2D eigenvalue weighted by molar-refractivity contribution is 7.98. The predicted molar refractivity (Wildman–Crippen MR) is 69.3 cm³/mol. The number of thioether (sulfide) groups is 1. The van der Waals surface area contributed by atoms with Crippen LogP contribution in [0.1, 0.15) is 29.6 Å². The van der Waals surface area contributed by atoms with Gasteiger partial charge in [0.2, 0.25) is 5.89 Å². The Kier molecular flexibility index (Phi) is 4.07. The second-order valence-corrected chi connectivity index (χ2v) is 5.47. The number of nitrogens with zero attached hydrogens (tertiary/aromatic N) is 2. The lowest BCUT2D eigenvalue weighted by Gasteiger charge is -1.98. The van der Waals surface area contributed by atoms with E-state index in [4.69, 9.17) is 16.1 Å². The minimum atomic E-state index is -0.236. The molecule has 0 amide bonds. The van der Waals surface area contributed by atoms with E-state index in [0.717, 1.165) is 0 Å². The number of alkyl halides is 1. The summed E-state index contributed by atoms with van der Waals surface area (Å²) in [6.45, 7) is 3.88. The highest BCUT2D eigenvalue weighted by Crippen LogP contribution is 2.23. The molecule has 1 aromatic carbocycles. The Bertz CT molecular complexity index is 482. The Labute approximate surface area is 110 Å². The minimum Gasteiger partial charge on any atom is -0.338 e. The largest absolute Gasteiger partial charge is 0.338 e. The van der Waals surface area contributed by atoms with Gasteiger partial charge in [0.15, 0.2) is 5.82 Å². The van der Waals surface area contributed by atoms with E-state index in [1.54, 1.807) is 11.8 Å². The molecule has 1 heterocycles. The Hall–Kier alpha value is -1.00. The summed E-state index contributed by atoms with van der Waals surface area (Å²) in [5.74, 6) is 1.85. The predicted octanol–water partition coefficient (Wildman–Crippen LogP) is 3.97. The molecule has 0 aliphatic heterocycles. The monoisotopic (exact) mass is 268 g/mol. The van der Waals surface area contributed by atoms with Crippen LogP contribution in [0.4, 0.5) is 0 Å². The summed E-state index contributed by atoms with van der Waals surface area (Å²) in [5, 5.41) is 3.64. The van der Waals surface area contributed by atoms with Crippen molar-refractivity contribution in [3.05, 3.63) is 41.5 Å². The quantitative estimate of drug-likeness (QED) is 0.621. The van der Waals surface area contributed by atoms with Crippen molar-refractivity contribution in [2.75, 3.05) is 0 Å². The van der Waals surface area contributed by atoms with E-state index in [9.17, 15) is 0 Å². The number of hydrogen-bond donors (Lipinski definition) is 0. The highest BCUT2D eigenvalue weighted by atomic mass is 35.5. The molecule has 0 spiro atoms. The zero-order chi connectivity index (χ0) is 12.3. The van der Waals surface area contributed by atoms with Crippen molar-refractivity contribution >= 4 is 23.4 Å². The number of aryl methyl sites for hydroxylation is 1. The molecule has 0 radical (unpaired) electrons. The van der Waals surface area contributed by atoms with Gasteiger partial charge in [-0.05, 0) is 26.0 Å². The molecule has 3 nitrogen and oxygen atoms in total. The van der Waals surface area contributed by atoms with E-state index in [1.165, 1.54) is 10.5 Å². The summed E-state index contributed by atoms with van der Waals surface area (Å²) in [6, 6.07) is 8.35. The van der Waals surface area contributed by atoms with Gasteiger partial charge in [0.1, 0.15) is 5.38 Å². The molecule has 0 N–H and O–H groups in total. The van der Waals surface area contributed by atoms with Crippen LogP contribution in [0.3, 0.4) is 0 Å². The first-order valence-corrected chi connectivity index (χ1v) is 6.73. The molecule has 5 heteroatoms. The van der Waals surface area contributed by atoms with Gasteiger partial charge in [-0.3, -0.25) is 0 Å². The first-order valence-electron chi connectivity index (χ1n) is 5.31. The van der Waals surface area contributed by atoms with Crippen molar-refractivity contribution in [2.24, 2.45) is 0 Å². The summed E-state index contributed by atoms with van der Waals surface area (Å²) >= 11 is 7.53. The van der Waals surface area contributed by atoms with E-state index < -0.39 is 0 Å². The zero-order valence-corrected chi connectivity index (χ0v) is 11.3. The van der Waals surface area contributed by atoms with Crippen LogP contribution >= 0.6 is 23.4 Å². The number of benzene rings is 1. The van der Waals surface area contributed by atoms with Crippen molar-refractivity contribution in [2.45, 2.75) is 29.9 Å². The lowest BCUT2D eigenvalue weighted by atomic mass is 10.2. The molecule has 0 bridgehead atoms. The maximum absolute atomic E-state index is 5.85. The molecule has 90 valence electrons. The molecule has 1 aromatic heterocycles. The molecule has 0 saturated heterocycles. The first kappa shape index (κ1) is 12.5. The van der Waals surface area contributed by atoms with Crippen LogP contribution in [0.2, 0.25) is 0 Å². The zero-order valence-electron chi connectivity index (χ0n) is 9.68. The van der Waals surface area contributed by atoms with Gasteiger partial charge in [0, 0.05) is 4.90 Å². The maximum atomic E-state index is 5.85. The third-order valence-corrected chi connectivity index (χ3v) is 3.41. The third-order valence-electron chi connectivity index (χ3n) is 2.21. The van der Waals surface area contributed by atoms with Gasteiger partial charge < -0.3 is 4.52 Å². The molecule has 1 unspecified atom stereocenters. The number of rotatable bonds is 4. The molecule has 0 aliphatic rings. The van der Waals surface area contributed by atoms with Crippen LogP contribution in [0, 0.1) is 6.92 Å². The normalized spacial score (nSPS) is 12.6. The van der Waals surface area contributed by atoms with Crippen LogP contribution in [-0.4, -0.2) is 10.1 Å². The molecule has 0 fully saturated rings. The van der Waals surface area contributed by atoms with Crippen molar-refractivity contribution < 1.29 is 4.52 Å². The van der Waals surface area contributed by atoms with Gasteiger partial charge in [0.25, 0.3) is 0 Å². The molecule has 0 saturated carbocycles. The number of hydrogen-bond acceptors (Lipinski definition) is 4. The molecule has 1 atom stereocenters. The average Bonchev–Trinajstić information content (AvgIpc) is 2.77. The van der Waals surface area contributed by atoms with E-state index in [0.29, 0.717) is 17.5 Å². The van der Waals surface area contributed by atoms with Crippen LogP contribution < -0.4 is 0 Å². The Morgan fingerprint density at radius 3 is 2.65 bits per heavy atom. The third kappa shape index (κ3) is 3.48. The summed E-state index contributed by atoms with van der Waals surface area (Å²) in [5.41, 5.74) is 1.26. The lowest BCUT2D eigenvalue weighted by molar-refractivity contribution is 0.375. The van der Waals surface area contributed by atoms with Crippen LogP contribution in [0.5, 0.6) is 0 Å². The molecule has 0 aliphatic carbocycles. The summed E-state index contributed by atoms with van der Waals surface area (Å²) in [7, 11) is 0. The summed E-state index contributed by atoms with van der Waals surface area (Å²) in [4.78, 5) is 5.41. The molecular formula is C12H13ClN2OS. The van der Waals surface area contributed by atoms with Gasteiger partial charge in [-0.15, -0.1) is 23.4 Å². The Balaban J connectivity index is 1.95. The van der Waals surface area contributed by atoms with E-state index >= 15 is 0 Å². The van der Waals surface area contributed by atoms with Crippen molar-refractivity contribution in [3.8, 4) is 0 Å². The lowest BCUT2D eigenvalue weighted by Crippen LogP contribution is -1.86. The van der Waals surface area contributed by atoms with Crippen molar-refractivity contribution in [1.29, 1.82) is 0 Å². The standard InChI is InChI=1S/C12H13ClN2OS/c1-8-3-5-10(6-4-8)17-7-11-14-12(9(2)13)16-15-11/h3-6,9H,7H2,1-2H3. The molecule has 17 heavy (non-hydrogen) atoms. The van der Waals surface area contributed by atoms with Crippen molar-refractivity contribution in [3.63, 3.8) is 0 Å². The van der Waals surface area contributed by atoms with Crippen LogP contribution in [0.15, 0.2) is 33.7 Å². The van der Waals surface area contributed by atoms with Crippen LogP contribution in [0.25, 0.3) is 0 Å². The van der Waals surface area contributed by atoms with E-state index in [-0.39, 0.29) is 5.38 Å². The minimum absolute atomic E-state index is 0.236. The van der Waals surface area contributed by atoms with Gasteiger partial charge in [-0.2, -0.15) is 4.98 Å².